The maximum atomic E-state index is 5.90. The van der Waals surface area contributed by atoms with Gasteiger partial charge in [0.15, 0.2) is 11.6 Å². The minimum absolute atomic E-state index is 0.277. The lowest BCUT2D eigenvalue weighted by molar-refractivity contribution is 0.00578. The number of halogens is 2. The summed E-state index contributed by atoms with van der Waals surface area (Å²) >= 11 is 6.98. The lowest BCUT2D eigenvalue weighted by Crippen LogP contribution is -2.41. The number of pyridine rings is 3. The zero-order valence-electron chi connectivity index (χ0n) is 42.9. The number of rotatable bonds is 9. The second-order valence-electron chi connectivity index (χ2n) is 19.2. The van der Waals surface area contributed by atoms with Crippen molar-refractivity contribution in [2.24, 2.45) is 0 Å². The van der Waals surface area contributed by atoms with E-state index in [2.05, 4.69) is 126 Å². The van der Waals surface area contributed by atoms with Gasteiger partial charge in [-0.05, 0) is 128 Å². The Morgan fingerprint density at radius 2 is 0.584 bits per heavy atom. The van der Waals surface area contributed by atoms with Crippen LogP contribution >= 0.6 is 31.9 Å². The first-order valence-corrected chi connectivity index (χ1v) is 26.7. The molecule has 0 unspecified atom stereocenters. The van der Waals surface area contributed by atoms with Crippen molar-refractivity contribution in [3.8, 4) is 90.1 Å². The monoisotopic (exact) mass is 1130 g/mol. The zero-order chi connectivity index (χ0) is 53.2. The van der Waals surface area contributed by atoms with Gasteiger partial charge in [-0.3, -0.25) is 15.0 Å². The highest BCUT2D eigenvalue weighted by molar-refractivity contribution is 9.10. The molecule has 0 amide bonds. The van der Waals surface area contributed by atoms with E-state index in [0.717, 1.165) is 98.6 Å². The van der Waals surface area contributed by atoms with Crippen LogP contribution in [0.1, 0.15) is 27.7 Å². The van der Waals surface area contributed by atoms with Crippen molar-refractivity contribution in [1.29, 1.82) is 0 Å². The van der Waals surface area contributed by atoms with Gasteiger partial charge in [0.25, 0.3) is 0 Å². The Hall–Kier alpha value is -8.13. The highest BCUT2D eigenvalue weighted by Crippen LogP contribution is 2.37. The molecule has 376 valence electrons. The Labute approximate surface area is 467 Å². The molecular formula is C65H52BBr2N7O2. The Morgan fingerprint density at radius 1 is 0.312 bits per heavy atom. The molecule has 0 bridgehead atoms. The fourth-order valence-electron chi connectivity index (χ4n) is 8.42. The highest BCUT2D eigenvalue weighted by atomic mass is 79.9. The van der Waals surface area contributed by atoms with Crippen molar-refractivity contribution in [3.05, 3.63) is 252 Å². The van der Waals surface area contributed by atoms with Gasteiger partial charge in [-0.15, -0.1) is 0 Å². The van der Waals surface area contributed by atoms with E-state index >= 15 is 0 Å². The van der Waals surface area contributed by atoms with Crippen molar-refractivity contribution in [3.63, 3.8) is 0 Å². The van der Waals surface area contributed by atoms with Gasteiger partial charge in [0.05, 0.1) is 34.0 Å². The minimum atomic E-state index is -0.280. The molecule has 11 aromatic rings. The molecule has 12 heteroatoms. The summed E-state index contributed by atoms with van der Waals surface area (Å²) in [6.07, 6.45) is 10.7. The second-order valence-corrected chi connectivity index (χ2v) is 21.0. The molecule has 1 fully saturated rings. The average molecular weight is 1130 g/mol. The zero-order valence-corrected chi connectivity index (χ0v) is 46.0. The van der Waals surface area contributed by atoms with E-state index in [1.54, 1.807) is 12.4 Å². The predicted molar refractivity (Wildman–Crippen MR) is 318 cm³/mol. The molecule has 0 saturated carbocycles. The molecule has 0 spiro atoms. The molecule has 0 atom stereocenters. The first-order valence-electron chi connectivity index (χ1n) is 25.1. The van der Waals surface area contributed by atoms with Gasteiger partial charge in [0.2, 0.25) is 0 Å². The summed E-state index contributed by atoms with van der Waals surface area (Å²) in [5, 5.41) is 0. The normalized spacial score (nSPS) is 13.1. The molecular weight excluding hydrogens is 1080 g/mol. The van der Waals surface area contributed by atoms with Crippen LogP contribution in [0.25, 0.3) is 90.1 Å². The van der Waals surface area contributed by atoms with Gasteiger partial charge < -0.3 is 9.31 Å². The summed E-state index contributed by atoms with van der Waals surface area (Å²) in [6.45, 7) is 8.20. The third-order valence-electron chi connectivity index (χ3n) is 13.4. The topological polar surface area (TPSA) is 109 Å². The summed E-state index contributed by atoms with van der Waals surface area (Å²) in [7, 11) is -0.280. The van der Waals surface area contributed by atoms with Gasteiger partial charge in [0.1, 0.15) is 0 Å². The number of nitrogens with zero attached hydrogens (tertiary/aromatic N) is 7. The summed E-state index contributed by atoms with van der Waals surface area (Å²) in [5.41, 5.74) is 14.8. The molecule has 1 aliphatic rings. The van der Waals surface area contributed by atoms with Gasteiger partial charge in [-0.25, -0.2) is 19.9 Å². The lowest BCUT2D eigenvalue weighted by Gasteiger charge is -2.32. The number of benzene rings is 6. The van der Waals surface area contributed by atoms with Gasteiger partial charge in [0, 0.05) is 79.5 Å². The van der Waals surface area contributed by atoms with Crippen LogP contribution in [0.4, 0.5) is 0 Å². The van der Waals surface area contributed by atoms with E-state index < -0.39 is 0 Å². The summed E-state index contributed by atoms with van der Waals surface area (Å²) in [4.78, 5) is 31.7. The number of hydrogen-bond acceptors (Lipinski definition) is 9. The van der Waals surface area contributed by atoms with Crippen LogP contribution in [0.3, 0.4) is 0 Å². The fraction of sp³-hybridized carbons (Fsp3) is 0.0923. The Bertz CT molecular complexity index is 3500. The third-order valence-corrected chi connectivity index (χ3v) is 14.5. The molecule has 6 aromatic carbocycles. The van der Waals surface area contributed by atoms with Crippen LogP contribution in [0.5, 0.6) is 0 Å². The SMILES string of the molecule is Brc1ccc(-c2cc(-c3ccc(Br)cc3)nc(-c3ccccc3)n2)cc1.CC1(C)OB(c2ccncc2)OC1(C)C.c1ccc(-c2nc(-c3ccc(-c4ccncc4)cc3)cc(-c3ccc(-c4ccncc4)cc3)n2)cc1. The van der Waals surface area contributed by atoms with Crippen LogP contribution in [0.2, 0.25) is 0 Å². The Balaban J connectivity index is 0.000000143. The smallest absolute Gasteiger partial charge is 0.399 e. The van der Waals surface area contributed by atoms with Crippen LogP contribution < -0.4 is 5.46 Å². The van der Waals surface area contributed by atoms with Crippen LogP contribution in [0.15, 0.2) is 252 Å². The quantitative estimate of drug-likeness (QED) is 0.131. The average Bonchev–Trinajstić information content (AvgIpc) is 3.72. The van der Waals surface area contributed by atoms with Gasteiger partial charge >= 0.3 is 7.12 Å². The first-order chi connectivity index (χ1) is 37.4. The first kappa shape index (κ1) is 52.3. The molecule has 5 aromatic heterocycles. The predicted octanol–water partition coefficient (Wildman–Crippen LogP) is 16.0. The fourth-order valence-corrected chi connectivity index (χ4v) is 8.94. The molecule has 9 nitrogen and oxygen atoms in total. The van der Waals surface area contributed by atoms with Gasteiger partial charge in [-0.1, -0.05) is 165 Å². The van der Waals surface area contributed by atoms with Crippen molar-refractivity contribution < 1.29 is 9.31 Å². The van der Waals surface area contributed by atoms with Crippen molar-refractivity contribution in [1.82, 2.24) is 34.9 Å². The number of aromatic nitrogens is 7. The van der Waals surface area contributed by atoms with Crippen molar-refractivity contribution >= 4 is 44.4 Å². The Morgan fingerprint density at radius 3 is 0.909 bits per heavy atom. The number of hydrogen-bond donors (Lipinski definition) is 0. The third kappa shape index (κ3) is 12.9. The molecule has 6 heterocycles. The van der Waals surface area contributed by atoms with Crippen LogP contribution in [-0.4, -0.2) is 53.2 Å². The standard InChI is InChI=1S/C32H22N4.C22H14Br2N2.C11H16BNO2/c1-2-4-29(5-3-1)32-35-30(27-10-6-23(7-11-27)25-14-18-33-19-15-25)22-31(36-32)28-12-8-24(9-13-28)26-16-20-34-21-17-26;23-18-10-6-15(7-11-18)20-14-21(16-8-12-19(24)13-9-16)26-22(25-20)17-4-2-1-3-5-17;1-10(2)11(3,4)15-12(14-10)9-5-7-13-8-6-9/h1-22H;1-14H;5-8H,1-4H3. The molecule has 0 aliphatic carbocycles. The van der Waals surface area contributed by atoms with E-state index in [0.29, 0.717) is 5.82 Å². The highest BCUT2D eigenvalue weighted by Gasteiger charge is 2.51. The van der Waals surface area contributed by atoms with E-state index in [9.17, 15) is 0 Å². The van der Waals surface area contributed by atoms with Crippen molar-refractivity contribution in [2.75, 3.05) is 0 Å². The Kier molecular flexibility index (Phi) is 16.2. The van der Waals surface area contributed by atoms with Crippen LogP contribution in [0, 0.1) is 0 Å². The summed E-state index contributed by atoms with van der Waals surface area (Å²) < 4.78 is 13.9. The molecule has 77 heavy (non-hydrogen) atoms. The second kappa shape index (κ2) is 23.8. The molecule has 0 N–H and O–H groups in total. The van der Waals surface area contributed by atoms with E-state index in [1.165, 1.54) is 0 Å². The molecule has 12 rings (SSSR count). The van der Waals surface area contributed by atoms with Gasteiger partial charge in [-0.2, -0.15) is 0 Å². The van der Waals surface area contributed by atoms with Crippen LogP contribution in [-0.2, 0) is 9.31 Å². The van der Waals surface area contributed by atoms with E-state index in [1.807, 2.05) is 180 Å². The largest absolute Gasteiger partial charge is 0.494 e. The maximum Gasteiger partial charge on any atom is 0.494 e. The lowest BCUT2D eigenvalue weighted by atomic mass is 9.80. The summed E-state index contributed by atoms with van der Waals surface area (Å²) in [6, 6.07) is 69.5. The molecule has 1 saturated heterocycles. The molecule has 1 aliphatic heterocycles. The van der Waals surface area contributed by atoms with E-state index in [-0.39, 0.29) is 18.3 Å². The summed E-state index contributed by atoms with van der Waals surface area (Å²) in [5.74, 6) is 1.43. The minimum Gasteiger partial charge on any atom is -0.399 e. The van der Waals surface area contributed by atoms with Crippen molar-refractivity contribution in [2.45, 2.75) is 38.9 Å². The molecule has 0 radical (unpaired) electrons. The maximum absolute atomic E-state index is 5.90. The van der Waals surface area contributed by atoms with E-state index in [4.69, 9.17) is 29.2 Å².